The van der Waals surface area contributed by atoms with Crippen LogP contribution in [0.1, 0.15) is 6.92 Å². The van der Waals surface area contributed by atoms with E-state index in [2.05, 4.69) is 5.73 Å². The zero-order valence-electron chi connectivity index (χ0n) is 3.79. The van der Waals surface area contributed by atoms with Crippen molar-refractivity contribution < 1.29 is 14.2 Å². The van der Waals surface area contributed by atoms with Gasteiger partial charge in [-0.05, 0) is 6.92 Å². The second kappa shape index (κ2) is 1.74. The Hall–Kier alpha value is -0.180. The van der Waals surface area contributed by atoms with Gasteiger partial charge in [0.1, 0.15) is 0 Å². The van der Waals surface area contributed by atoms with Crippen molar-refractivity contribution in [2.45, 2.75) is 12.4 Å². The molecule has 0 spiro atoms. The van der Waals surface area contributed by atoms with Crippen LogP contribution >= 0.6 is 7.68 Å². The largest absolute Gasteiger partial charge is 0.364 e. The van der Waals surface area contributed by atoms with Crippen molar-refractivity contribution in [1.82, 2.24) is 0 Å². The summed E-state index contributed by atoms with van der Waals surface area (Å²) in [5.74, 6) is 0. The first-order valence-electron chi connectivity index (χ1n) is 1.60. The minimum atomic E-state index is -2.91. The van der Waals surface area contributed by atoms with E-state index in [9.17, 15) is 9.13 Å². The number of hydrogen-bond donors (Lipinski definition) is 2. The van der Waals surface area contributed by atoms with Gasteiger partial charge in [-0.2, -0.15) is 0 Å². The third-order valence-corrected chi connectivity index (χ3v) is 1.11. The predicted molar refractivity (Wildman–Crippen MR) is 23.1 cm³/mol. The maximum atomic E-state index is 9.68. The topological polar surface area (TPSA) is 80.4 Å². The van der Waals surface area contributed by atoms with E-state index in [-0.39, 0.29) is 0 Å². The Bertz CT molecular complexity index is 113. The third kappa shape index (κ3) is 2.51. The molecular weight excluding hydrogens is 117 g/mol. The van der Waals surface area contributed by atoms with Crippen LogP contribution in [0.2, 0.25) is 0 Å². The molecule has 7 heavy (non-hydrogen) atoms. The highest BCUT2D eigenvalue weighted by atomic mass is 31.1. The molecule has 4 nitrogen and oxygen atoms in total. The number of hydrogen-bond acceptors (Lipinski definition) is 4. The molecule has 0 radical (unpaired) electrons. The first-order valence-corrected chi connectivity index (χ1v) is 2.78. The van der Waals surface area contributed by atoms with Crippen LogP contribution in [0, 0.1) is 0 Å². The second-order valence-electron chi connectivity index (χ2n) is 1.35. The highest BCUT2D eigenvalue weighted by Gasteiger charge is 2.19. The van der Waals surface area contributed by atoms with Crippen molar-refractivity contribution in [3.05, 3.63) is 0 Å². The Kier molecular flexibility index (Phi) is 1.69. The highest BCUT2D eigenvalue weighted by molar-refractivity contribution is 7.32. The van der Waals surface area contributed by atoms with Gasteiger partial charge >= 0.3 is 7.68 Å². The summed E-state index contributed by atoms with van der Waals surface area (Å²) in [5, 5.41) is 8.28. The highest BCUT2D eigenvalue weighted by Crippen LogP contribution is 2.17. The van der Waals surface area contributed by atoms with Crippen LogP contribution in [0.15, 0.2) is 0 Å². The summed E-state index contributed by atoms with van der Waals surface area (Å²) in [6.45, 7) is 0.999. The summed E-state index contributed by atoms with van der Waals surface area (Å²) in [7, 11) is -2.91. The summed E-state index contributed by atoms with van der Waals surface area (Å²) in [4.78, 5) is 0. The van der Waals surface area contributed by atoms with Gasteiger partial charge in [0.05, 0.1) is 0 Å². The van der Waals surface area contributed by atoms with Gasteiger partial charge in [-0.15, -0.1) is 0 Å². The molecular formula is C2H6NO3P. The van der Waals surface area contributed by atoms with E-state index >= 15 is 0 Å². The summed E-state index contributed by atoms with van der Waals surface area (Å²) in [6, 6.07) is 0. The lowest BCUT2D eigenvalue weighted by Crippen LogP contribution is -2.28. The monoisotopic (exact) mass is 123 g/mol. The summed E-state index contributed by atoms with van der Waals surface area (Å²) in [6.07, 6.45) is 0. The van der Waals surface area contributed by atoms with Crippen LogP contribution in [0.3, 0.4) is 0 Å². The van der Waals surface area contributed by atoms with Crippen LogP contribution in [-0.2, 0) is 9.13 Å². The SMILES string of the molecule is CC(N)(O)P(=O)=O. The molecule has 0 aromatic rings. The van der Waals surface area contributed by atoms with Gasteiger partial charge in [0.2, 0.25) is 5.47 Å². The van der Waals surface area contributed by atoms with Crippen LogP contribution in [0.4, 0.5) is 0 Å². The fraction of sp³-hybridized carbons (Fsp3) is 1.00. The minimum Gasteiger partial charge on any atom is -0.364 e. The maximum absolute atomic E-state index is 9.68. The summed E-state index contributed by atoms with van der Waals surface area (Å²) < 4.78 is 19.4. The zero-order chi connectivity index (χ0) is 6.08. The lowest BCUT2D eigenvalue weighted by atomic mass is 10.7. The molecule has 0 rings (SSSR count). The van der Waals surface area contributed by atoms with Gasteiger partial charge < -0.3 is 5.11 Å². The van der Waals surface area contributed by atoms with Crippen molar-refractivity contribution in [3.8, 4) is 0 Å². The Morgan fingerprint density at radius 3 is 1.86 bits per heavy atom. The minimum absolute atomic E-state index is 0.999. The molecule has 0 aliphatic carbocycles. The van der Waals surface area contributed by atoms with Gasteiger partial charge in [-0.1, -0.05) is 0 Å². The van der Waals surface area contributed by atoms with Crippen LogP contribution in [0.25, 0.3) is 0 Å². The van der Waals surface area contributed by atoms with Crippen molar-refractivity contribution in [2.75, 3.05) is 0 Å². The van der Waals surface area contributed by atoms with E-state index in [0.29, 0.717) is 0 Å². The van der Waals surface area contributed by atoms with Crippen molar-refractivity contribution in [3.63, 3.8) is 0 Å². The zero-order valence-corrected chi connectivity index (χ0v) is 4.68. The Morgan fingerprint density at radius 2 is 1.86 bits per heavy atom. The first kappa shape index (κ1) is 6.82. The lowest BCUT2D eigenvalue weighted by Gasteiger charge is -2.01. The van der Waals surface area contributed by atoms with Gasteiger partial charge in [-0.3, -0.25) is 5.73 Å². The molecule has 0 fully saturated rings. The standard InChI is InChI=1S/C2H6NO3P/c1-2(3,4)7(5)6/h4H,3H2,1H3. The van der Waals surface area contributed by atoms with Gasteiger partial charge in [0.25, 0.3) is 0 Å². The molecule has 0 aliphatic heterocycles. The normalized spacial score (nSPS) is 18.1. The van der Waals surface area contributed by atoms with Gasteiger partial charge in [-0.25, -0.2) is 9.13 Å². The molecule has 0 heterocycles. The first-order chi connectivity index (χ1) is 2.94. The second-order valence-corrected chi connectivity index (χ2v) is 2.77. The molecule has 3 N–H and O–H groups in total. The molecule has 42 valence electrons. The molecule has 1 unspecified atom stereocenters. The van der Waals surface area contributed by atoms with Crippen molar-refractivity contribution >= 4 is 7.68 Å². The van der Waals surface area contributed by atoms with E-state index in [1.807, 2.05) is 0 Å². The van der Waals surface area contributed by atoms with E-state index in [1.165, 1.54) is 0 Å². The molecule has 0 aromatic heterocycles. The fourth-order valence-electron chi connectivity index (χ4n) is 0. The summed E-state index contributed by atoms with van der Waals surface area (Å²) >= 11 is 0. The van der Waals surface area contributed by atoms with Crippen LogP contribution in [-0.4, -0.2) is 10.6 Å². The number of aliphatic hydroxyl groups is 1. The lowest BCUT2D eigenvalue weighted by molar-refractivity contribution is 0.149. The van der Waals surface area contributed by atoms with Gasteiger partial charge in [0, 0.05) is 0 Å². The molecule has 0 saturated carbocycles. The summed E-state index contributed by atoms with van der Waals surface area (Å²) in [5.41, 5.74) is 2.59. The Morgan fingerprint density at radius 1 is 1.71 bits per heavy atom. The van der Waals surface area contributed by atoms with Crippen molar-refractivity contribution in [1.29, 1.82) is 0 Å². The Labute approximate surface area is 41.1 Å². The average molecular weight is 123 g/mol. The van der Waals surface area contributed by atoms with Crippen LogP contribution < -0.4 is 5.73 Å². The molecule has 5 heteroatoms. The van der Waals surface area contributed by atoms with E-state index in [1.54, 1.807) is 0 Å². The van der Waals surface area contributed by atoms with E-state index in [4.69, 9.17) is 5.11 Å². The quantitative estimate of drug-likeness (QED) is 0.373. The molecule has 0 amide bonds. The predicted octanol–water partition coefficient (Wildman–Crippen LogP) is -0.216. The van der Waals surface area contributed by atoms with E-state index < -0.39 is 13.1 Å². The number of nitrogens with two attached hydrogens (primary N) is 1. The van der Waals surface area contributed by atoms with Gasteiger partial charge in [0.15, 0.2) is 0 Å². The maximum Gasteiger partial charge on any atom is 0.363 e. The average Bonchev–Trinajstić information content (AvgIpc) is 1.31. The number of rotatable bonds is 1. The fourth-order valence-corrected chi connectivity index (χ4v) is 0. The Balaban J connectivity index is 4.08. The van der Waals surface area contributed by atoms with E-state index in [0.717, 1.165) is 6.92 Å². The van der Waals surface area contributed by atoms with Crippen molar-refractivity contribution in [2.24, 2.45) is 5.73 Å². The molecule has 0 bridgehead atoms. The molecule has 0 aliphatic rings. The van der Waals surface area contributed by atoms with Crippen LogP contribution in [0.5, 0.6) is 0 Å². The molecule has 0 saturated heterocycles. The third-order valence-electron chi connectivity index (χ3n) is 0.370. The molecule has 0 aromatic carbocycles. The smallest absolute Gasteiger partial charge is 0.363 e. The molecule has 1 atom stereocenters.